The Morgan fingerprint density at radius 2 is 2.00 bits per heavy atom. The molecule has 0 aliphatic carbocycles. The van der Waals surface area contributed by atoms with E-state index < -0.39 is 6.17 Å². The van der Waals surface area contributed by atoms with Crippen LogP contribution in [0.3, 0.4) is 0 Å². The number of nitrogens with two attached hydrogens (primary N) is 1. The smallest absolute Gasteiger partial charge is 0.328 e. The van der Waals surface area contributed by atoms with Crippen molar-refractivity contribution < 1.29 is 4.39 Å². The van der Waals surface area contributed by atoms with Crippen molar-refractivity contribution in [3.05, 3.63) is 46.5 Å². The molecular weight excluding hydrogens is 271 g/mol. The summed E-state index contributed by atoms with van der Waals surface area (Å²) in [6, 6.07) is 7.50. The number of aromatic nitrogens is 3. The zero-order valence-electron chi connectivity index (χ0n) is 12.1. The van der Waals surface area contributed by atoms with Crippen LogP contribution in [0, 0.1) is 0 Å². The highest BCUT2D eigenvalue weighted by molar-refractivity contribution is 5.95. The molecule has 21 heavy (non-hydrogen) atoms. The summed E-state index contributed by atoms with van der Waals surface area (Å²) < 4.78 is 14.9. The minimum atomic E-state index is -1.12. The molecule has 0 aliphatic rings. The minimum Gasteiger partial charge on any atom is -0.328 e. The monoisotopic (exact) mass is 290 g/mol. The van der Waals surface area contributed by atoms with Crippen LogP contribution in [0.25, 0.3) is 16.4 Å². The van der Waals surface area contributed by atoms with Crippen LogP contribution in [-0.4, -0.2) is 27.3 Å². The number of halogens is 1. The van der Waals surface area contributed by atoms with Gasteiger partial charge in [-0.1, -0.05) is 38.1 Å². The Kier molecular flexibility index (Phi) is 4.70. The summed E-state index contributed by atoms with van der Waals surface area (Å²) in [6.07, 6.45) is 0.694. The highest BCUT2D eigenvalue weighted by atomic mass is 19.1. The predicted octanol–water partition coefficient (Wildman–Crippen LogP) is 2.04. The average Bonchev–Trinajstić information content (AvgIpc) is 2.91. The Morgan fingerprint density at radius 3 is 2.67 bits per heavy atom. The number of alkyl halides is 1. The number of fused-ring (bicyclic) bond motifs is 3. The first-order valence-corrected chi connectivity index (χ1v) is 7.02. The van der Waals surface area contributed by atoms with Gasteiger partial charge in [0.2, 0.25) is 0 Å². The summed E-state index contributed by atoms with van der Waals surface area (Å²) in [5.74, 6) is 0. The third kappa shape index (κ3) is 2.80. The van der Waals surface area contributed by atoms with Gasteiger partial charge in [-0.05, 0) is 10.9 Å². The molecule has 0 spiro atoms. The van der Waals surface area contributed by atoms with E-state index in [9.17, 15) is 9.18 Å². The van der Waals surface area contributed by atoms with Gasteiger partial charge in [0.05, 0.1) is 0 Å². The molecule has 0 radical (unpaired) electrons. The Morgan fingerprint density at radius 1 is 1.33 bits per heavy atom. The van der Waals surface area contributed by atoms with Gasteiger partial charge in [0.25, 0.3) is 0 Å². The Bertz CT molecular complexity index is 793. The normalized spacial score (nSPS) is 12.2. The van der Waals surface area contributed by atoms with E-state index in [1.165, 1.54) is 4.40 Å². The van der Waals surface area contributed by atoms with Gasteiger partial charge in [-0.2, -0.15) is 5.10 Å². The zero-order valence-corrected chi connectivity index (χ0v) is 12.1. The largest absolute Gasteiger partial charge is 0.347 e. The lowest BCUT2D eigenvalue weighted by Crippen LogP contribution is -2.18. The topological polar surface area (TPSA) is 76.2 Å². The van der Waals surface area contributed by atoms with Gasteiger partial charge >= 0.3 is 5.69 Å². The molecule has 1 unspecified atom stereocenters. The predicted molar refractivity (Wildman–Crippen MR) is 82.3 cm³/mol. The van der Waals surface area contributed by atoms with Crippen molar-refractivity contribution in [2.45, 2.75) is 26.4 Å². The maximum absolute atomic E-state index is 13.5. The quantitative estimate of drug-likeness (QED) is 0.775. The highest BCUT2D eigenvalue weighted by Gasteiger charge is 2.13. The van der Waals surface area contributed by atoms with Crippen LogP contribution < -0.4 is 11.4 Å². The third-order valence-corrected chi connectivity index (χ3v) is 3.20. The molecule has 0 aliphatic heterocycles. The first-order valence-electron chi connectivity index (χ1n) is 7.02. The lowest BCUT2D eigenvalue weighted by Gasteiger charge is -2.09. The van der Waals surface area contributed by atoms with Crippen LogP contribution in [-0.2, 0) is 6.42 Å². The van der Waals surface area contributed by atoms with Crippen molar-refractivity contribution >= 4 is 16.4 Å². The van der Waals surface area contributed by atoms with Gasteiger partial charge in [0.1, 0.15) is 6.17 Å². The van der Waals surface area contributed by atoms with Gasteiger partial charge in [-0.15, -0.1) is 0 Å². The van der Waals surface area contributed by atoms with E-state index in [2.05, 4.69) is 10.2 Å². The molecular formula is C15H19FN4O. The van der Waals surface area contributed by atoms with E-state index in [0.29, 0.717) is 5.65 Å². The maximum Gasteiger partial charge on any atom is 0.347 e. The highest BCUT2D eigenvalue weighted by Crippen LogP contribution is 2.23. The molecule has 2 heterocycles. The molecule has 3 N–H and O–H groups in total. The van der Waals surface area contributed by atoms with Crippen LogP contribution in [0.1, 0.15) is 19.4 Å². The summed E-state index contributed by atoms with van der Waals surface area (Å²) in [6.45, 7) is 3.96. The van der Waals surface area contributed by atoms with Gasteiger partial charge in [-0.25, -0.2) is 18.7 Å². The molecule has 2 aromatic heterocycles. The van der Waals surface area contributed by atoms with Crippen LogP contribution in [0.4, 0.5) is 4.39 Å². The Balaban J connectivity index is 0.000000774. The van der Waals surface area contributed by atoms with Crippen molar-refractivity contribution in [1.29, 1.82) is 0 Å². The van der Waals surface area contributed by atoms with Gasteiger partial charge in [0, 0.05) is 24.5 Å². The molecule has 112 valence electrons. The molecule has 3 aromatic rings. The number of aromatic amines is 1. The van der Waals surface area contributed by atoms with Crippen molar-refractivity contribution in [2.24, 2.45) is 5.73 Å². The standard InChI is InChI=1S/C13H13FN4O.C2H6/c14-9(6-15)5-8-7-18-12(16-17-13(18)19)11-4-2-1-3-10(8)11;1-2/h1-4,7,9H,5-6,15H2,(H,17,19);1-2H3. The molecule has 0 bridgehead atoms. The van der Waals surface area contributed by atoms with E-state index in [0.717, 1.165) is 16.3 Å². The molecule has 1 aromatic carbocycles. The van der Waals surface area contributed by atoms with Gasteiger partial charge in [0.15, 0.2) is 5.65 Å². The van der Waals surface area contributed by atoms with E-state index in [4.69, 9.17) is 5.73 Å². The lowest BCUT2D eigenvalue weighted by atomic mass is 10.0. The van der Waals surface area contributed by atoms with Crippen LogP contribution >= 0.6 is 0 Å². The average molecular weight is 290 g/mol. The second kappa shape index (κ2) is 6.49. The summed E-state index contributed by atoms with van der Waals surface area (Å²) in [5.41, 5.74) is 6.30. The fourth-order valence-corrected chi connectivity index (χ4v) is 2.28. The SMILES string of the molecule is CC.NCC(F)Cc1cn2c(=O)[nH]nc2c2ccccc12. The molecule has 6 heteroatoms. The number of hydrogen-bond donors (Lipinski definition) is 2. The van der Waals surface area contributed by atoms with Crippen LogP contribution in [0.15, 0.2) is 35.3 Å². The van der Waals surface area contributed by atoms with E-state index in [1.807, 2.05) is 38.1 Å². The third-order valence-electron chi connectivity index (χ3n) is 3.20. The Labute approximate surface area is 121 Å². The number of nitrogens with zero attached hydrogens (tertiary/aromatic N) is 2. The fraction of sp³-hybridized carbons (Fsp3) is 0.333. The first kappa shape index (κ1) is 15.2. The van der Waals surface area contributed by atoms with Crippen molar-refractivity contribution in [2.75, 3.05) is 6.54 Å². The number of pyridine rings is 1. The lowest BCUT2D eigenvalue weighted by molar-refractivity contribution is 0.340. The maximum atomic E-state index is 13.5. The molecule has 0 fully saturated rings. The number of nitrogens with one attached hydrogen (secondary N) is 1. The number of H-pyrrole nitrogens is 1. The molecule has 1 atom stereocenters. The molecule has 5 nitrogen and oxygen atoms in total. The van der Waals surface area contributed by atoms with Crippen molar-refractivity contribution in [3.63, 3.8) is 0 Å². The minimum absolute atomic E-state index is 0.0351. The first-order chi connectivity index (χ1) is 10.2. The summed E-state index contributed by atoms with van der Waals surface area (Å²) >= 11 is 0. The van der Waals surface area contributed by atoms with Crippen molar-refractivity contribution in [1.82, 2.24) is 14.6 Å². The fourth-order valence-electron chi connectivity index (χ4n) is 2.28. The molecule has 3 rings (SSSR count). The van der Waals surface area contributed by atoms with Crippen molar-refractivity contribution in [3.8, 4) is 0 Å². The van der Waals surface area contributed by atoms with E-state index >= 15 is 0 Å². The number of hydrogen-bond acceptors (Lipinski definition) is 3. The van der Waals surface area contributed by atoms with E-state index in [1.54, 1.807) is 6.20 Å². The second-order valence-electron chi connectivity index (χ2n) is 4.46. The molecule has 0 amide bonds. The Hall–Kier alpha value is -2.21. The van der Waals surface area contributed by atoms with Gasteiger partial charge < -0.3 is 5.73 Å². The number of benzene rings is 1. The summed E-state index contributed by atoms with van der Waals surface area (Å²) in [4.78, 5) is 11.7. The number of rotatable bonds is 3. The van der Waals surface area contributed by atoms with E-state index in [-0.39, 0.29) is 18.7 Å². The molecule has 0 saturated heterocycles. The van der Waals surface area contributed by atoms with Gasteiger partial charge in [-0.3, -0.25) is 0 Å². The second-order valence-corrected chi connectivity index (χ2v) is 4.46. The summed E-state index contributed by atoms with van der Waals surface area (Å²) in [7, 11) is 0. The zero-order chi connectivity index (χ0) is 15.4. The molecule has 0 saturated carbocycles. The summed E-state index contributed by atoms with van der Waals surface area (Å²) in [5, 5.41) is 8.11. The van der Waals surface area contributed by atoms with Crippen LogP contribution in [0.5, 0.6) is 0 Å². The van der Waals surface area contributed by atoms with Crippen LogP contribution in [0.2, 0.25) is 0 Å².